The topological polar surface area (TPSA) is 61.4 Å². The Morgan fingerprint density at radius 3 is 2.65 bits per heavy atom. The minimum absolute atomic E-state index is 0.466. The molecule has 0 aromatic heterocycles. The van der Waals surface area contributed by atoms with Gasteiger partial charge in [0.25, 0.3) is 0 Å². The van der Waals surface area contributed by atoms with Crippen molar-refractivity contribution in [3.8, 4) is 0 Å². The molecule has 0 fully saturated rings. The summed E-state index contributed by atoms with van der Waals surface area (Å²) in [5, 5.41) is 3.17. The summed E-state index contributed by atoms with van der Waals surface area (Å²) in [4.78, 5) is 0. The van der Waals surface area contributed by atoms with Gasteiger partial charge >= 0.3 is 10.2 Å². The summed E-state index contributed by atoms with van der Waals surface area (Å²) in [5.41, 5.74) is 0.512. The minimum atomic E-state index is -3.54. The Kier molecular flexibility index (Phi) is 7.46. The van der Waals surface area contributed by atoms with Crippen molar-refractivity contribution >= 4 is 47.8 Å². The van der Waals surface area contributed by atoms with Gasteiger partial charge in [0, 0.05) is 22.5 Å². The lowest BCUT2D eigenvalue weighted by Gasteiger charge is -2.19. The van der Waals surface area contributed by atoms with E-state index in [9.17, 15) is 8.42 Å². The molecule has 5 nitrogen and oxygen atoms in total. The highest BCUT2D eigenvalue weighted by Crippen LogP contribution is 2.27. The fourth-order valence-corrected chi connectivity index (χ4v) is 3.33. The van der Waals surface area contributed by atoms with Crippen molar-refractivity contribution in [2.75, 3.05) is 31.4 Å². The van der Waals surface area contributed by atoms with E-state index in [0.29, 0.717) is 16.7 Å². The number of hydrogen-bond donors (Lipinski definition) is 2. The number of nitrogens with zero attached hydrogens (tertiary/aromatic N) is 1. The average molecular weight is 429 g/mol. The van der Waals surface area contributed by atoms with Crippen molar-refractivity contribution in [2.45, 2.75) is 13.3 Å². The predicted octanol–water partition coefficient (Wildman–Crippen LogP) is 2.80. The second-order valence-electron chi connectivity index (χ2n) is 4.26. The summed E-state index contributed by atoms with van der Waals surface area (Å²) >= 11 is 6.65. The highest BCUT2D eigenvalue weighted by Gasteiger charge is 2.18. The van der Waals surface area contributed by atoms with Crippen LogP contribution < -0.4 is 10.0 Å². The maximum Gasteiger partial charge on any atom is 0.301 e. The van der Waals surface area contributed by atoms with Gasteiger partial charge in [0.2, 0.25) is 0 Å². The molecule has 8 heteroatoms. The number of halogens is 2. The first-order valence-corrected chi connectivity index (χ1v) is 9.29. The third kappa shape index (κ3) is 5.69. The molecule has 0 aliphatic carbocycles. The van der Waals surface area contributed by atoms with E-state index in [4.69, 9.17) is 0 Å². The summed E-state index contributed by atoms with van der Waals surface area (Å²) in [6.45, 7) is 4.18. The lowest BCUT2D eigenvalue weighted by atomic mass is 10.3. The number of anilines is 1. The largest absolute Gasteiger partial charge is 0.317 e. The molecule has 0 heterocycles. The molecule has 0 unspecified atom stereocenters. The van der Waals surface area contributed by atoms with Crippen LogP contribution in [0.15, 0.2) is 27.1 Å². The molecule has 20 heavy (non-hydrogen) atoms. The monoisotopic (exact) mass is 427 g/mol. The zero-order valence-electron chi connectivity index (χ0n) is 11.5. The van der Waals surface area contributed by atoms with Crippen molar-refractivity contribution in [1.29, 1.82) is 0 Å². The van der Waals surface area contributed by atoms with Crippen LogP contribution >= 0.6 is 31.9 Å². The Balaban J connectivity index is 2.66. The van der Waals surface area contributed by atoms with Crippen LogP contribution in [0, 0.1) is 0 Å². The van der Waals surface area contributed by atoms with E-state index >= 15 is 0 Å². The number of hydrogen-bond acceptors (Lipinski definition) is 3. The second-order valence-corrected chi connectivity index (χ2v) is 7.81. The predicted molar refractivity (Wildman–Crippen MR) is 90.2 cm³/mol. The van der Waals surface area contributed by atoms with Crippen molar-refractivity contribution in [3.05, 3.63) is 27.1 Å². The van der Waals surface area contributed by atoms with Crippen molar-refractivity contribution in [3.63, 3.8) is 0 Å². The zero-order chi connectivity index (χ0) is 15.2. The zero-order valence-corrected chi connectivity index (χ0v) is 15.5. The van der Waals surface area contributed by atoms with Crippen LogP contribution in [-0.4, -0.2) is 39.4 Å². The Bertz CT molecular complexity index is 538. The van der Waals surface area contributed by atoms with Gasteiger partial charge in [-0.2, -0.15) is 12.7 Å². The van der Waals surface area contributed by atoms with Crippen LogP contribution in [0.3, 0.4) is 0 Å². The lowest BCUT2D eigenvalue weighted by Crippen LogP contribution is -2.34. The van der Waals surface area contributed by atoms with Crippen LogP contribution in [0.1, 0.15) is 13.3 Å². The van der Waals surface area contributed by atoms with E-state index < -0.39 is 10.2 Å². The Morgan fingerprint density at radius 2 is 2.00 bits per heavy atom. The fraction of sp³-hybridized carbons (Fsp3) is 0.500. The molecule has 0 amide bonds. The van der Waals surface area contributed by atoms with Crippen LogP contribution in [0.4, 0.5) is 5.69 Å². The summed E-state index contributed by atoms with van der Waals surface area (Å²) in [5.74, 6) is 0. The standard InChI is InChI=1S/C12H19Br2N3O2S/c1-3-15-7-4-8-17(2)20(18,19)16-12-9-10(13)5-6-11(12)14/h5-6,9,15-16H,3-4,7-8H2,1-2H3. The SMILES string of the molecule is CCNCCCN(C)S(=O)(=O)Nc1cc(Br)ccc1Br. The van der Waals surface area contributed by atoms with Crippen LogP contribution in [0.25, 0.3) is 0 Å². The molecule has 0 aliphatic rings. The van der Waals surface area contributed by atoms with Gasteiger partial charge in [-0.3, -0.25) is 4.72 Å². The van der Waals surface area contributed by atoms with Gasteiger partial charge in [-0.1, -0.05) is 22.9 Å². The van der Waals surface area contributed by atoms with Gasteiger partial charge in [-0.15, -0.1) is 0 Å². The molecule has 0 saturated carbocycles. The summed E-state index contributed by atoms with van der Waals surface area (Å²) in [6, 6.07) is 5.34. The molecule has 0 atom stereocenters. The maximum atomic E-state index is 12.2. The second kappa shape index (κ2) is 8.33. The molecule has 1 aromatic carbocycles. The van der Waals surface area contributed by atoms with E-state index in [1.165, 1.54) is 4.31 Å². The van der Waals surface area contributed by atoms with Gasteiger partial charge in [-0.05, 0) is 53.6 Å². The van der Waals surface area contributed by atoms with Gasteiger partial charge in [0.05, 0.1) is 5.69 Å². The molecule has 0 radical (unpaired) electrons. The highest BCUT2D eigenvalue weighted by atomic mass is 79.9. The normalized spacial score (nSPS) is 11.8. The third-order valence-corrected chi connectivity index (χ3v) is 5.32. The number of benzene rings is 1. The van der Waals surface area contributed by atoms with E-state index in [0.717, 1.165) is 24.0 Å². The van der Waals surface area contributed by atoms with Gasteiger partial charge in [-0.25, -0.2) is 0 Å². The first-order valence-electron chi connectivity index (χ1n) is 6.26. The Labute approximate surface area is 137 Å². The fourth-order valence-electron chi connectivity index (χ4n) is 1.52. The van der Waals surface area contributed by atoms with Gasteiger partial charge in [0.15, 0.2) is 0 Å². The van der Waals surface area contributed by atoms with E-state index in [1.807, 2.05) is 13.0 Å². The van der Waals surface area contributed by atoms with Crippen LogP contribution in [0.5, 0.6) is 0 Å². The van der Waals surface area contributed by atoms with E-state index in [2.05, 4.69) is 41.9 Å². The molecule has 0 spiro atoms. The Hall–Kier alpha value is -0.150. The number of nitrogens with one attached hydrogen (secondary N) is 2. The average Bonchev–Trinajstić information content (AvgIpc) is 2.38. The maximum absolute atomic E-state index is 12.2. The van der Waals surface area contributed by atoms with Gasteiger partial charge < -0.3 is 5.32 Å². The lowest BCUT2D eigenvalue weighted by molar-refractivity contribution is 0.459. The minimum Gasteiger partial charge on any atom is -0.317 e. The van der Waals surface area contributed by atoms with E-state index in [-0.39, 0.29) is 0 Å². The molecular formula is C12H19Br2N3O2S. The third-order valence-electron chi connectivity index (χ3n) is 2.65. The number of rotatable bonds is 8. The molecule has 0 aliphatic heterocycles. The molecule has 2 N–H and O–H groups in total. The Morgan fingerprint density at radius 1 is 1.30 bits per heavy atom. The van der Waals surface area contributed by atoms with Crippen molar-refractivity contribution < 1.29 is 8.42 Å². The highest BCUT2D eigenvalue weighted by molar-refractivity contribution is 9.11. The van der Waals surface area contributed by atoms with Gasteiger partial charge in [0.1, 0.15) is 0 Å². The first-order chi connectivity index (χ1) is 9.36. The van der Waals surface area contributed by atoms with Crippen molar-refractivity contribution in [2.24, 2.45) is 0 Å². The molecule has 0 saturated heterocycles. The summed E-state index contributed by atoms with van der Waals surface area (Å²) < 4.78 is 29.8. The summed E-state index contributed by atoms with van der Waals surface area (Å²) in [6.07, 6.45) is 0.769. The van der Waals surface area contributed by atoms with Crippen molar-refractivity contribution in [1.82, 2.24) is 9.62 Å². The first kappa shape index (κ1) is 17.9. The molecular weight excluding hydrogens is 410 g/mol. The van der Waals surface area contributed by atoms with Crippen LogP contribution in [-0.2, 0) is 10.2 Å². The molecule has 1 aromatic rings. The quantitative estimate of drug-likeness (QED) is 0.625. The molecule has 114 valence electrons. The summed E-state index contributed by atoms with van der Waals surface area (Å²) in [7, 11) is -1.97. The smallest absolute Gasteiger partial charge is 0.301 e. The van der Waals surface area contributed by atoms with E-state index in [1.54, 1.807) is 19.2 Å². The molecule has 0 bridgehead atoms. The van der Waals surface area contributed by atoms with Crippen LogP contribution in [0.2, 0.25) is 0 Å². The molecule has 1 rings (SSSR count).